The lowest BCUT2D eigenvalue weighted by molar-refractivity contribution is 0.402. The Balaban J connectivity index is 1.73. The van der Waals surface area contributed by atoms with Crippen LogP contribution in [0.5, 0.6) is 5.75 Å². The van der Waals surface area contributed by atoms with Crippen LogP contribution in [-0.2, 0) is 23.0 Å². The molecule has 40 heavy (non-hydrogen) atoms. The largest absolute Gasteiger partial charge is 0.497 e. The summed E-state index contributed by atoms with van der Waals surface area (Å²) < 4.78 is 35.1. The van der Waals surface area contributed by atoms with Crippen molar-refractivity contribution in [3.63, 3.8) is 0 Å². The van der Waals surface area contributed by atoms with Crippen molar-refractivity contribution in [3.8, 4) is 5.75 Å². The van der Waals surface area contributed by atoms with Crippen molar-refractivity contribution < 1.29 is 13.2 Å². The van der Waals surface area contributed by atoms with Crippen LogP contribution in [0.25, 0.3) is 11.0 Å². The van der Waals surface area contributed by atoms with Gasteiger partial charge in [0, 0.05) is 18.3 Å². The van der Waals surface area contributed by atoms with Gasteiger partial charge in [0.1, 0.15) is 5.75 Å². The fraction of sp³-hybridized carbons (Fsp3) is 0.355. The molecular formula is C31H39N5O3S. The van der Waals surface area contributed by atoms with Crippen LogP contribution in [0.3, 0.4) is 0 Å². The lowest BCUT2D eigenvalue weighted by Crippen LogP contribution is -2.16. The molecule has 4 aromatic rings. The number of sulfonamides is 1. The van der Waals surface area contributed by atoms with E-state index in [2.05, 4.69) is 34.9 Å². The molecule has 0 aliphatic rings. The summed E-state index contributed by atoms with van der Waals surface area (Å²) in [6, 6.07) is 20.2. The van der Waals surface area contributed by atoms with E-state index in [1.807, 2.05) is 67.5 Å². The van der Waals surface area contributed by atoms with Gasteiger partial charge in [-0.1, -0.05) is 63.4 Å². The Kier molecular flexibility index (Phi) is 9.60. The van der Waals surface area contributed by atoms with Gasteiger partial charge in [-0.05, 0) is 67.9 Å². The van der Waals surface area contributed by atoms with E-state index < -0.39 is 10.0 Å². The van der Waals surface area contributed by atoms with Crippen molar-refractivity contribution in [3.05, 3.63) is 77.9 Å². The Labute approximate surface area is 237 Å². The lowest BCUT2D eigenvalue weighted by atomic mass is 9.92. The Morgan fingerprint density at radius 1 is 0.925 bits per heavy atom. The second kappa shape index (κ2) is 13.1. The molecule has 1 aromatic heterocycles. The van der Waals surface area contributed by atoms with Gasteiger partial charge in [0.05, 0.1) is 23.0 Å². The molecular weight excluding hydrogens is 522 g/mol. The number of nitrogens with one attached hydrogen (secondary N) is 2. The molecule has 8 nitrogen and oxygen atoms in total. The zero-order valence-electron chi connectivity index (χ0n) is 23.9. The maximum atomic E-state index is 13.5. The molecule has 0 fully saturated rings. The van der Waals surface area contributed by atoms with Crippen LogP contribution in [0.2, 0.25) is 0 Å². The molecule has 0 spiro atoms. The number of para-hydroxylation sites is 2. The monoisotopic (exact) mass is 561 g/mol. The van der Waals surface area contributed by atoms with Crippen molar-refractivity contribution in [1.29, 1.82) is 0 Å². The van der Waals surface area contributed by atoms with Gasteiger partial charge < -0.3 is 15.0 Å². The molecule has 0 aliphatic carbocycles. The summed E-state index contributed by atoms with van der Waals surface area (Å²) in [6.45, 7) is 5.14. The van der Waals surface area contributed by atoms with Crippen molar-refractivity contribution in [2.75, 3.05) is 31.2 Å². The number of aromatic nitrogens is 2. The highest BCUT2D eigenvalue weighted by Gasteiger charge is 2.20. The van der Waals surface area contributed by atoms with Gasteiger partial charge in [-0.15, -0.1) is 0 Å². The van der Waals surface area contributed by atoms with Crippen molar-refractivity contribution in [2.45, 2.75) is 51.0 Å². The van der Waals surface area contributed by atoms with Crippen LogP contribution in [0.4, 0.5) is 17.3 Å². The zero-order chi connectivity index (χ0) is 28.7. The number of ether oxygens (including phenoxy) is 1. The third-order valence-electron chi connectivity index (χ3n) is 6.89. The van der Waals surface area contributed by atoms with Gasteiger partial charge in [-0.25, -0.2) is 18.4 Å². The third-order valence-corrected chi connectivity index (χ3v) is 8.24. The summed E-state index contributed by atoms with van der Waals surface area (Å²) in [6.07, 6.45) is 4.22. The predicted molar refractivity (Wildman–Crippen MR) is 163 cm³/mol. The SMILES string of the molecule is CCCC(CC)Cc1ccc(OC)cc1Nc1nc2ccccc2nc1NS(=O)(=O)c1ccc(CN(C)C)cc1. The fourth-order valence-corrected chi connectivity index (χ4v) is 5.77. The molecule has 9 heteroatoms. The molecule has 2 N–H and O–H groups in total. The van der Waals surface area contributed by atoms with Gasteiger partial charge in [0.25, 0.3) is 10.0 Å². The summed E-state index contributed by atoms with van der Waals surface area (Å²) in [5, 5.41) is 3.40. The number of benzene rings is 3. The van der Waals surface area contributed by atoms with Crippen LogP contribution in [-0.4, -0.2) is 44.5 Å². The van der Waals surface area contributed by atoms with Gasteiger partial charge >= 0.3 is 0 Å². The predicted octanol–water partition coefficient (Wildman–Crippen LogP) is 6.61. The minimum atomic E-state index is -3.93. The second-order valence-electron chi connectivity index (χ2n) is 10.3. The average Bonchev–Trinajstić information content (AvgIpc) is 2.93. The number of hydrogen-bond acceptors (Lipinski definition) is 7. The topological polar surface area (TPSA) is 96.5 Å². The molecule has 0 radical (unpaired) electrons. The fourth-order valence-electron chi connectivity index (χ4n) is 4.76. The van der Waals surface area contributed by atoms with Crippen molar-refractivity contribution in [1.82, 2.24) is 14.9 Å². The van der Waals surface area contributed by atoms with Gasteiger partial charge in [-0.3, -0.25) is 4.72 Å². The van der Waals surface area contributed by atoms with Crippen LogP contribution < -0.4 is 14.8 Å². The maximum absolute atomic E-state index is 13.5. The highest BCUT2D eigenvalue weighted by molar-refractivity contribution is 7.92. The summed E-state index contributed by atoms with van der Waals surface area (Å²) in [5.74, 6) is 1.69. The highest BCUT2D eigenvalue weighted by Crippen LogP contribution is 2.32. The molecule has 3 aromatic carbocycles. The summed E-state index contributed by atoms with van der Waals surface area (Å²) in [5.41, 5.74) is 4.19. The number of anilines is 3. The molecule has 0 aliphatic heterocycles. The quantitative estimate of drug-likeness (QED) is 0.190. The first kappa shape index (κ1) is 29.3. The van der Waals surface area contributed by atoms with Gasteiger partial charge in [-0.2, -0.15) is 0 Å². The van der Waals surface area contributed by atoms with Crippen molar-refractivity contribution in [2.24, 2.45) is 5.92 Å². The van der Waals surface area contributed by atoms with E-state index in [0.717, 1.165) is 49.0 Å². The smallest absolute Gasteiger partial charge is 0.263 e. The Morgan fingerprint density at radius 3 is 2.20 bits per heavy atom. The first-order valence-corrected chi connectivity index (χ1v) is 15.2. The summed E-state index contributed by atoms with van der Waals surface area (Å²) >= 11 is 0. The Hall–Kier alpha value is -3.69. The van der Waals surface area contributed by atoms with Crippen LogP contribution in [0.1, 0.15) is 44.2 Å². The number of fused-ring (bicyclic) bond motifs is 1. The van der Waals surface area contributed by atoms with E-state index in [1.165, 1.54) is 0 Å². The first-order chi connectivity index (χ1) is 19.2. The highest BCUT2D eigenvalue weighted by atomic mass is 32.2. The minimum absolute atomic E-state index is 0.130. The van der Waals surface area contributed by atoms with Gasteiger partial charge in [0.15, 0.2) is 11.6 Å². The van der Waals surface area contributed by atoms with Crippen molar-refractivity contribution >= 4 is 38.4 Å². The average molecular weight is 562 g/mol. The Bertz CT molecular complexity index is 1540. The molecule has 212 valence electrons. The van der Waals surface area contributed by atoms with E-state index >= 15 is 0 Å². The molecule has 1 unspecified atom stereocenters. The molecule has 0 amide bonds. The van der Waals surface area contributed by atoms with E-state index in [0.29, 0.717) is 28.5 Å². The standard InChI is InChI=1S/C31H39N5O3S/c1-6-10-22(7-2)19-24-15-16-25(39-5)20-29(24)34-30-31(33-28-12-9-8-11-27(28)32-30)35-40(37,38)26-17-13-23(14-18-26)21-36(3)4/h8-9,11-18,20,22H,6-7,10,19,21H2,1-5H3,(H,32,34)(H,33,35). The van der Waals surface area contributed by atoms with E-state index in [1.54, 1.807) is 19.2 Å². The van der Waals surface area contributed by atoms with Crippen LogP contribution >= 0.6 is 0 Å². The molecule has 0 saturated heterocycles. The van der Waals surface area contributed by atoms with Gasteiger partial charge in [0.2, 0.25) is 0 Å². The molecule has 1 heterocycles. The number of methoxy groups -OCH3 is 1. The summed E-state index contributed by atoms with van der Waals surface area (Å²) in [4.78, 5) is 11.6. The number of hydrogen-bond donors (Lipinski definition) is 2. The molecule has 0 saturated carbocycles. The van der Waals surface area contributed by atoms with Crippen LogP contribution in [0.15, 0.2) is 71.6 Å². The number of nitrogens with zero attached hydrogens (tertiary/aromatic N) is 3. The zero-order valence-corrected chi connectivity index (χ0v) is 24.8. The molecule has 4 rings (SSSR count). The van der Waals surface area contributed by atoms with E-state index in [-0.39, 0.29) is 10.7 Å². The first-order valence-electron chi connectivity index (χ1n) is 13.7. The van der Waals surface area contributed by atoms with Crippen LogP contribution in [0, 0.1) is 5.92 Å². The third kappa shape index (κ3) is 7.28. The minimum Gasteiger partial charge on any atom is -0.497 e. The second-order valence-corrected chi connectivity index (χ2v) is 12.0. The molecule has 0 bridgehead atoms. The Morgan fingerprint density at radius 2 is 1.60 bits per heavy atom. The van der Waals surface area contributed by atoms with E-state index in [9.17, 15) is 8.42 Å². The lowest BCUT2D eigenvalue weighted by Gasteiger charge is -2.19. The molecule has 1 atom stereocenters. The number of rotatable bonds is 13. The normalized spacial score (nSPS) is 12.4. The van der Waals surface area contributed by atoms with E-state index in [4.69, 9.17) is 9.72 Å². The maximum Gasteiger partial charge on any atom is 0.263 e. The summed E-state index contributed by atoms with van der Waals surface area (Å²) in [7, 11) is 1.65.